The van der Waals surface area contributed by atoms with Crippen molar-refractivity contribution in [1.82, 2.24) is 5.32 Å². The summed E-state index contributed by atoms with van der Waals surface area (Å²) in [6.45, 7) is 5.80. The average molecular weight is 355 g/mol. The predicted octanol–water partition coefficient (Wildman–Crippen LogP) is 4.64. The van der Waals surface area contributed by atoms with Crippen LogP contribution >= 0.6 is 0 Å². The Bertz CT molecular complexity index is 748. The van der Waals surface area contributed by atoms with Crippen molar-refractivity contribution >= 4 is 5.91 Å². The van der Waals surface area contributed by atoms with Crippen molar-refractivity contribution in [3.63, 3.8) is 0 Å². The predicted molar refractivity (Wildman–Crippen MR) is 86.8 cm³/mol. The fourth-order valence-corrected chi connectivity index (χ4v) is 2.50. The zero-order valence-electron chi connectivity index (χ0n) is 14.5. The SMILES string of the molecule is Cc1oc(C)c(C(=O)NC(C)c2ccc(OCC(F)(F)F)cc2)c1C. The molecule has 25 heavy (non-hydrogen) atoms. The number of halogens is 3. The van der Waals surface area contributed by atoms with Crippen LogP contribution in [0.5, 0.6) is 5.75 Å². The van der Waals surface area contributed by atoms with Gasteiger partial charge in [-0.25, -0.2) is 0 Å². The van der Waals surface area contributed by atoms with Gasteiger partial charge in [0.25, 0.3) is 5.91 Å². The molecular formula is C18H20F3NO3. The maximum atomic E-state index is 12.4. The number of ether oxygens (including phenoxy) is 1. The lowest BCUT2D eigenvalue weighted by Crippen LogP contribution is -2.27. The largest absolute Gasteiger partial charge is 0.484 e. The Balaban J connectivity index is 2.03. The molecule has 1 aromatic carbocycles. The van der Waals surface area contributed by atoms with Gasteiger partial charge in [0, 0.05) is 5.56 Å². The molecule has 1 heterocycles. The summed E-state index contributed by atoms with van der Waals surface area (Å²) < 4.78 is 46.5. The number of nitrogens with one attached hydrogen (secondary N) is 1. The minimum Gasteiger partial charge on any atom is -0.484 e. The normalized spacial score (nSPS) is 12.8. The highest BCUT2D eigenvalue weighted by atomic mass is 19.4. The third-order valence-corrected chi connectivity index (χ3v) is 3.92. The zero-order chi connectivity index (χ0) is 18.8. The van der Waals surface area contributed by atoms with Crippen LogP contribution in [0.25, 0.3) is 0 Å². The lowest BCUT2D eigenvalue weighted by Gasteiger charge is -2.15. The molecule has 0 radical (unpaired) electrons. The molecule has 0 spiro atoms. The number of hydrogen-bond acceptors (Lipinski definition) is 3. The number of carbonyl (C=O) groups excluding carboxylic acids is 1. The number of alkyl halides is 3. The Morgan fingerprint density at radius 2 is 1.76 bits per heavy atom. The van der Waals surface area contributed by atoms with Crippen molar-refractivity contribution < 1.29 is 27.1 Å². The molecule has 0 bridgehead atoms. The van der Waals surface area contributed by atoms with Crippen molar-refractivity contribution in [1.29, 1.82) is 0 Å². The summed E-state index contributed by atoms with van der Waals surface area (Å²) in [6.07, 6.45) is -4.38. The molecule has 1 unspecified atom stereocenters. The Hall–Kier alpha value is -2.44. The van der Waals surface area contributed by atoms with Gasteiger partial charge in [-0.2, -0.15) is 13.2 Å². The molecule has 136 valence electrons. The van der Waals surface area contributed by atoms with Gasteiger partial charge < -0.3 is 14.5 Å². The summed E-state index contributed by atoms with van der Waals surface area (Å²) in [5.41, 5.74) is 2.05. The molecule has 1 amide bonds. The Morgan fingerprint density at radius 1 is 1.16 bits per heavy atom. The fourth-order valence-electron chi connectivity index (χ4n) is 2.50. The Kier molecular flexibility index (Phi) is 5.45. The van der Waals surface area contributed by atoms with Crippen LogP contribution in [0, 0.1) is 20.8 Å². The Morgan fingerprint density at radius 3 is 2.24 bits per heavy atom. The zero-order valence-corrected chi connectivity index (χ0v) is 14.5. The van der Waals surface area contributed by atoms with Crippen molar-refractivity contribution in [2.45, 2.75) is 39.9 Å². The first-order valence-electron chi connectivity index (χ1n) is 7.75. The molecule has 2 rings (SSSR count). The summed E-state index contributed by atoms with van der Waals surface area (Å²) in [5, 5.41) is 2.86. The maximum absolute atomic E-state index is 12.4. The van der Waals surface area contributed by atoms with Crippen molar-refractivity contribution in [3.8, 4) is 5.75 Å². The molecule has 0 saturated carbocycles. The summed E-state index contributed by atoms with van der Waals surface area (Å²) in [7, 11) is 0. The van der Waals surface area contributed by atoms with E-state index < -0.39 is 12.8 Å². The third kappa shape index (κ3) is 4.78. The van der Waals surface area contributed by atoms with Crippen LogP contribution in [0.4, 0.5) is 13.2 Å². The average Bonchev–Trinajstić information content (AvgIpc) is 2.77. The molecule has 1 atom stereocenters. The lowest BCUT2D eigenvalue weighted by atomic mass is 10.1. The van der Waals surface area contributed by atoms with Crippen LogP contribution < -0.4 is 10.1 Å². The number of rotatable bonds is 5. The molecule has 1 aromatic heterocycles. The van der Waals surface area contributed by atoms with E-state index in [0.29, 0.717) is 17.1 Å². The van der Waals surface area contributed by atoms with Gasteiger partial charge in [-0.05, 0) is 45.4 Å². The first-order chi connectivity index (χ1) is 11.6. The number of amides is 1. The molecule has 7 heteroatoms. The lowest BCUT2D eigenvalue weighted by molar-refractivity contribution is -0.153. The van der Waals surface area contributed by atoms with Gasteiger partial charge in [-0.1, -0.05) is 12.1 Å². The second-order valence-corrected chi connectivity index (χ2v) is 5.88. The number of hydrogen-bond donors (Lipinski definition) is 1. The maximum Gasteiger partial charge on any atom is 0.422 e. The molecule has 0 aliphatic heterocycles. The van der Waals surface area contributed by atoms with Crippen molar-refractivity contribution in [3.05, 3.63) is 52.5 Å². The van der Waals surface area contributed by atoms with Gasteiger partial charge in [0.15, 0.2) is 6.61 Å². The number of furan rings is 1. The molecular weight excluding hydrogens is 335 g/mol. The summed E-state index contributed by atoms with van der Waals surface area (Å²) in [5.74, 6) is 1.12. The Labute approximate surface area is 144 Å². The van der Waals surface area contributed by atoms with E-state index in [-0.39, 0.29) is 17.7 Å². The second kappa shape index (κ2) is 7.21. The molecule has 2 aromatic rings. The van der Waals surface area contributed by atoms with E-state index in [0.717, 1.165) is 11.1 Å². The van der Waals surface area contributed by atoms with Crippen molar-refractivity contribution in [2.75, 3.05) is 6.61 Å². The van der Waals surface area contributed by atoms with E-state index in [4.69, 9.17) is 4.42 Å². The van der Waals surface area contributed by atoms with Gasteiger partial charge >= 0.3 is 6.18 Å². The second-order valence-electron chi connectivity index (χ2n) is 5.88. The molecule has 1 N–H and O–H groups in total. The van der Waals surface area contributed by atoms with E-state index in [1.165, 1.54) is 12.1 Å². The quantitative estimate of drug-likeness (QED) is 0.850. The highest BCUT2D eigenvalue weighted by Gasteiger charge is 2.28. The minimum absolute atomic E-state index is 0.122. The first-order valence-corrected chi connectivity index (χ1v) is 7.75. The molecule has 0 fully saturated rings. The van der Waals surface area contributed by atoms with Crippen LogP contribution in [-0.2, 0) is 0 Å². The number of carbonyl (C=O) groups is 1. The summed E-state index contributed by atoms with van der Waals surface area (Å²) in [4.78, 5) is 12.4. The smallest absolute Gasteiger partial charge is 0.422 e. The van der Waals surface area contributed by atoms with E-state index in [2.05, 4.69) is 10.1 Å². The van der Waals surface area contributed by atoms with Crippen LogP contribution in [-0.4, -0.2) is 18.7 Å². The molecule has 0 saturated heterocycles. The van der Waals surface area contributed by atoms with E-state index >= 15 is 0 Å². The van der Waals surface area contributed by atoms with E-state index in [9.17, 15) is 18.0 Å². The van der Waals surface area contributed by atoms with Crippen molar-refractivity contribution in [2.24, 2.45) is 0 Å². The van der Waals surface area contributed by atoms with Gasteiger partial charge in [0.1, 0.15) is 17.3 Å². The van der Waals surface area contributed by atoms with Crippen LogP contribution in [0.2, 0.25) is 0 Å². The van der Waals surface area contributed by atoms with Gasteiger partial charge in [-0.15, -0.1) is 0 Å². The van der Waals surface area contributed by atoms with Gasteiger partial charge in [-0.3, -0.25) is 4.79 Å². The molecule has 4 nitrogen and oxygen atoms in total. The van der Waals surface area contributed by atoms with Gasteiger partial charge in [0.2, 0.25) is 0 Å². The number of benzene rings is 1. The monoisotopic (exact) mass is 355 g/mol. The van der Waals surface area contributed by atoms with Gasteiger partial charge in [0.05, 0.1) is 11.6 Å². The fraction of sp³-hybridized carbons (Fsp3) is 0.389. The van der Waals surface area contributed by atoms with E-state index in [1.54, 1.807) is 32.9 Å². The van der Waals surface area contributed by atoms with E-state index in [1.807, 2.05) is 6.92 Å². The summed E-state index contributed by atoms with van der Waals surface area (Å²) in [6, 6.07) is 5.82. The van der Waals surface area contributed by atoms with Crippen LogP contribution in [0.1, 0.15) is 46.0 Å². The topological polar surface area (TPSA) is 51.5 Å². The van der Waals surface area contributed by atoms with Crippen LogP contribution in [0.15, 0.2) is 28.7 Å². The molecule has 0 aliphatic rings. The highest BCUT2D eigenvalue weighted by molar-refractivity contribution is 5.97. The minimum atomic E-state index is -4.38. The van der Waals surface area contributed by atoms with Crippen LogP contribution in [0.3, 0.4) is 0 Å². The third-order valence-electron chi connectivity index (χ3n) is 3.92. The molecule has 0 aliphatic carbocycles. The first kappa shape index (κ1) is 18.9. The number of aryl methyl sites for hydroxylation is 2. The highest BCUT2D eigenvalue weighted by Crippen LogP contribution is 2.23. The summed E-state index contributed by atoms with van der Waals surface area (Å²) >= 11 is 0. The standard InChI is InChI=1S/C18H20F3NO3/c1-10-12(3)25-13(4)16(10)17(23)22-11(2)14-5-7-15(8-6-14)24-9-18(19,20)21/h5-8,11H,9H2,1-4H3,(H,22,23).